The molecule has 2 aliphatic heterocycles. The number of aliphatic carboxylic acids is 1. The van der Waals surface area contributed by atoms with Crippen LogP contribution in [0.15, 0.2) is 70.9 Å². The van der Waals surface area contributed by atoms with Gasteiger partial charge < -0.3 is 25.5 Å². The fraction of sp³-hybridized carbons (Fsp3) is 0.231. The summed E-state index contributed by atoms with van der Waals surface area (Å²) in [6.07, 6.45) is 2.67. The highest BCUT2D eigenvalue weighted by atomic mass is 32.2. The second-order valence-electron chi connectivity index (χ2n) is 8.95. The zero-order chi connectivity index (χ0) is 27.9. The van der Waals surface area contributed by atoms with Gasteiger partial charge in [-0.2, -0.15) is 0 Å². The highest BCUT2D eigenvalue weighted by molar-refractivity contribution is 8.00. The number of carbonyl (C=O) groups excluding carboxylic acids is 3. The van der Waals surface area contributed by atoms with Crippen LogP contribution in [0.2, 0.25) is 0 Å². The van der Waals surface area contributed by atoms with Gasteiger partial charge >= 0.3 is 5.97 Å². The summed E-state index contributed by atoms with van der Waals surface area (Å²) in [6, 6.07) is 10.2. The van der Waals surface area contributed by atoms with Crippen LogP contribution in [0.3, 0.4) is 0 Å². The van der Waals surface area contributed by atoms with E-state index in [0.717, 1.165) is 4.90 Å². The van der Waals surface area contributed by atoms with Crippen LogP contribution in [0.4, 0.5) is 0 Å². The van der Waals surface area contributed by atoms with Crippen LogP contribution < -0.4 is 16.1 Å². The molecule has 0 radical (unpaired) electrons. The molecule has 0 saturated carbocycles. The van der Waals surface area contributed by atoms with E-state index in [4.69, 9.17) is 4.74 Å². The van der Waals surface area contributed by atoms with Crippen molar-refractivity contribution in [3.8, 4) is 0 Å². The van der Waals surface area contributed by atoms with E-state index in [2.05, 4.69) is 20.6 Å². The zero-order valence-corrected chi connectivity index (χ0v) is 21.6. The fourth-order valence-corrected chi connectivity index (χ4v) is 6.04. The minimum atomic E-state index is -1.86. The second kappa shape index (κ2) is 10.0. The van der Waals surface area contributed by atoms with Gasteiger partial charge in [0, 0.05) is 25.3 Å². The summed E-state index contributed by atoms with van der Waals surface area (Å²) >= 11 is 1.25. The summed E-state index contributed by atoms with van der Waals surface area (Å²) in [5.41, 5.74) is -1.47. The van der Waals surface area contributed by atoms with E-state index in [0.29, 0.717) is 22.4 Å². The molecule has 3 amide bonds. The van der Waals surface area contributed by atoms with Gasteiger partial charge in [0.05, 0.1) is 5.52 Å². The van der Waals surface area contributed by atoms with E-state index < -0.39 is 46.3 Å². The quantitative estimate of drug-likeness (QED) is 0.249. The number of fused-ring (bicyclic) bond motifs is 2. The largest absolute Gasteiger partial charge is 0.477 e. The molecule has 0 aliphatic carbocycles. The molecule has 4 heterocycles. The van der Waals surface area contributed by atoms with Crippen molar-refractivity contribution in [2.75, 3.05) is 12.9 Å². The van der Waals surface area contributed by atoms with Crippen LogP contribution in [-0.4, -0.2) is 67.6 Å². The van der Waals surface area contributed by atoms with Gasteiger partial charge in [-0.25, -0.2) is 4.79 Å². The van der Waals surface area contributed by atoms with Crippen molar-refractivity contribution >= 4 is 46.5 Å². The number of rotatable bonds is 7. The summed E-state index contributed by atoms with van der Waals surface area (Å²) in [4.78, 5) is 72.9. The Morgan fingerprint density at radius 3 is 2.64 bits per heavy atom. The number of aromatic amines is 1. The predicted molar refractivity (Wildman–Crippen MR) is 140 cm³/mol. The summed E-state index contributed by atoms with van der Waals surface area (Å²) in [5.74, 6) is -3.31. The first-order valence-corrected chi connectivity index (χ1v) is 12.8. The molecule has 200 valence electrons. The van der Waals surface area contributed by atoms with Crippen molar-refractivity contribution < 1.29 is 29.0 Å². The first kappa shape index (κ1) is 26.1. The standard InChI is InChI=1S/C26H23N5O7S/c1-13-12-39-25-26(38-2,24(37)31(25)19(13)23(35)36)30-22(34)17(14-7-4-3-5-8-14)29-21(33)15-11-28-16-9-6-10-27-18(16)20(15)32/h3-11,17,25H,12H2,1-2H3,(H,28,32)(H,29,33)(H,30,34)(H,35,36)/t17?,25-,26-/m0/s1. The Labute approximate surface area is 225 Å². The van der Waals surface area contributed by atoms with Gasteiger partial charge in [-0.1, -0.05) is 30.3 Å². The van der Waals surface area contributed by atoms with Crippen molar-refractivity contribution in [1.82, 2.24) is 25.5 Å². The van der Waals surface area contributed by atoms with Gasteiger partial charge in [0.1, 0.15) is 28.2 Å². The van der Waals surface area contributed by atoms with Crippen LogP contribution in [-0.2, 0) is 19.1 Å². The van der Waals surface area contributed by atoms with Crippen molar-refractivity contribution in [2.45, 2.75) is 24.1 Å². The Bertz CT molecular complexity index is 1600. The number of pyridine rings is 2. The molecule has 1 aromatic carbocycles. The third-order valence-corrected chi connectivity index (χ3v) is 8.07. The number of carboxylic acids is 1. The molecule has 3 atom stereocenters. The number of β-lactam (4-membered cyclic amide) rings is 1. The first-order valence-electron chi connectivity index (χ1n) is 11.8. The van der Waals surface area contributed by atoms with E-state index in [1.54, 1.807) is 49.4 Å². The van der Waals surface area contributed by atoms with Gasteiger partial charge in [0.25, 0.3) is 17.5 Å². The molecule has 1 saturated heterocycles. The Hall–Kier alpha value is -4.49. The Kier molecular flexibility index (Phi) is 6.70. The van der Waals surface area contributed by atoms with E-state index in [1.165, 1.54) is 31.3 Å². The number of ether oxygens (including phenoxy) is 1. The molecule has 2 aliphatic rings. The molecule has 0 bridgehead atoms. The van der Waals surface area contributed by atoms with Crippen LogP contribution in [0.1, 0.15) is 28.9 Å². The molecule has 3 aromatic rings. The van der Waals surface area contributed by atoms with Crippen LogP contribution >= 0.6 is 11.8 Å². The first-order chi connectivity index (χ1) is 18.7. The molecule has 1 fully saturated rings. The SMILES string of the molecule is CO[C@@]1(NC(=O)C(NC(=O)c2c[nH]c3cccnc3c2=O)c2ccccc2)C(=O)N2C(C(=O)O)=C(C)CS[C@H]21. The molecular weight excluding hydrogens is 526 g/mol. The summed E-state index contributed by atoms with van der Waals surface area (Å²) in [5, 5.41) is 14.0. The lowest BCUT2D eigenvalue weighted by Gasteiger charge is -2.55. The van der Waals surface area contributed by atoms with Crippen LogP contribution in [0.25, 0.3) is 11.0 Å². The summed E-state index contributed by atoms with van der Waals surface area (Å²) in [6.45, 7) is 1.62. The highest BCUT2D eigenvalue weighted by Crippen LogP contribution is 2.46. The minimum Gasteiger partial charge on any atom is -0.477 e. The monoisotopic (exact) mass is 549 g/mol. The zero-order valence-electron chi connectivity index (χ0n) is 20.8. The number of amides is 3. The maximum absolute atomic E-state index is 13.7. The average Bonchev–Trinajstić information content (AvgIpc) is 2.94. The average molecular weight is 550 g/mol. The number of methoxy groups -OCH3 is 1. The Morgan fingerprint density at radius 1 is 1.21 bits per heavy atom. The van der Waals surface area contributed by atoms with Gasteiger partial charge in [0.15, 0.2) is 0 Å². The molecular formula is C26H23N5O7S. The third-order valence-electron chi connectivity index (χ3n) is 6.61. The number of hydrogen-bond donors (Lipinski definition) is 4. The Morgan fingerprint density at radius 2 is 1.95 bits per heavy atom. The maximum Gasteiger partial charge on any atom is 0.352 e. The molecule has 13 heteroatoms. The molecule has 2 aromatic heterocycles. The molecule has 1 unspecified atom stereocenters. The number of carbonyl (C=O) groups is 4. The smallest absolute Gasteiger partial charge is 0.352 e. The number of benzene rings is 1. The highest BCUT2D eigenvalue weighted by Gasteiger charge is 2.66. The second-order valence-corrected chi connectivity index (χ2v) is 10.0. The minimum absolute atomic E-state index is 0.0660. The lowest BCUT2D eigenvalue weighted by atomic mass is 9.97. The fourth-order valence-electron chi connectivity index (χ4n) is 4.66. The number of nitrogens with one attached hydrogen (secondary N) is 3. The van der Waals surface area contributed by atoms with Crippen molar-refractivity contribution in [3.63, 3.8) is 0 Å². The van der Waals surface area contributed by atoms with Gasteiger partial charge in [-0.05, 0) is 30.2 Å². The van der Waals surface area contributed by atoms with Crippen LogP contribution in [0.5, 0.6) is 0 Å². The van der Waals surface area contributed by atoms with Crippen molar-refractivity contribution in [2.24, 2.45) is 0 Å². The van der Waals surface area contributed by atoms with E-state index in [9.17, 15) is 29.1 Å². The number of nitrogens with zero attached hydrogens (tertiary/aromatic N) is 2. The lowest BCUT2D eigenvalue weighted by molar-refractivity contribution is -0.192. The molecule has 0 spiro atoms. The third kappa shape index (κ3) is 4.25. The Balaban J connectivity index is 1.45. The number of carboxylic acid groups (broad SMARTS) is 1. The lowest BCUT2D eigenvalue weighted by Crippen LogP contribution is -2.81. The topological polar surface area (TPSA) is 171 Å². The van der Waals surface area contributed by atoms with Gasteiger partial charge in [-0.15, -0.1) is 11.8 Å². The number of thioether (sulfide) groups is 1. The summed E-state index contributed by atoms with van der Waals surface area (Å²) < 4.78 is 5.50. The normalized spacial score (nSPS) is 21.1. The van der Waals surface area contributed by atoms with Gasteiger partial charge in [-0.3, -0.25) is 29.1 Å². The van der Waals surface area contributed by atoms with Crippen LogP contribution in [0, 0.1) is 0 Å². The molecule has 5 rings (SSSR count). The number of aromatic nitrogens is 2. The van der Waals surface area contributed by atoms with E-state index in [1.807, 2.05) is 0 Å². The van der Waals surface area contributed by atoms with Crippen molar-refractivity contribution in [3.05, 3.63) is 87.5 Å². The maximum atomic E-state index is 13.7. The van der Waals surface area contributed by atoms with Gasteiger partial charge in [0.2, 0.25) is 11.3 Å². The summed E-state index contributed by atoms with van der Waals surface area (Å²) in [7, 11) is 1.24. The number of hydrogen-bond acceptors (Lipinski definition) is 8. The van der Waals surface area contributed by atoms with E-state index in [-0.39, 0.29) is 16.8 Å². The van der Waals surface area contributed by atoms with E-state index >= 15 is 0 Å². The number of H-pyrrole nitrogens is 1. The molecule has 39 heavy (non-hydrogen) atoms. The molecule has 4 N–H and O–H groups in total. The molecule has 12 nitrogen and oxygen atoms in total. The predicted octanol–water partition coefficient (Wildman–Crippen LogP) is 1.13. The van der Waals surface area contributed by atoms with Crippen molar-refractivity contribution in [1.29, 1.82) is 0 Å².